The van der Waals surface area contributed by atoms with E-state index in [1.54, 1.807) is 11.0 Å². The minimum absolute atomic E-state index is 0.122. The Morgan fingerprint density at radius 2 is 1.58 bits per heavy atom. The topological polar surface area (TPSA) is 49.3 Å². The molecule has 1 aromatic heterocycles. The lowest BCUT2D eigenvalue weighted by molar-refractivity contribution is 0.0746. The molecule has 0 N–H and O–H groups in total. The SMILES string of the molecule is O=C(c1ccc(F)cc1)N1CCN(c2ncnc3ccc(F)cc23)CC1. The Kier molecular flexibility index (Phi) is 4.20. The molecule has 0 radical (unpaired) electrons. The molecule has 3 aromatic rings. The minimum atomic E-state index is -0.366. The van der Waals surface area contributed by atoms with Gasteiger partial charge in [-0.05, 0) is 42.5 Å². The number of carbonyl (C=O) groups is 1. The number of hydrogen-bond donors (Lipinski definition) is 0. The number of benzene rings is 2. The van der Waals surface area contributed by atoms with E-state index in [4.69, 9.17) is 0 Å². The molecule has 1 aliphatic rings. The lowest BCUT2D eigenvalue weighted by Gasteiger charge is -2.35. The molecule has 0 atom stereocenters. The lowest BCUT2D eigenvalue weighted by Crippen LogP contribution is -2.49. The van der Waals surface area contributed by atoms with Gasteiger partial charge in [0.15, 0.2) is 0 Å². The Morgan fingerprint density at radius 3 is 2.31 bits per heavy atom. The van der Waals surface area contributed by atoms with E-state index < -0.39 is 0 Å². The summed E-state index contributed by atoms with van der Waals surface area (Å²) in [6.07, 6.45) is 1.46. The molecule has 1 amide bonds. The Bertz CT molecular complexity index is 953. The minimum Gasteiger partial charge on any atom is -0.352 e. The number of aromatic nitrogens is 2. The van der Waals surface area contributed by atoms with Crippen molar-refractivity contribution < 1.29 is 13.6 Å². The van der Waals surface area contributed by atoms with Crippen molar-refractivity contribution in [2.45, 2.75) is 0 Å². The van der Waals surface area contributed by atoms with E-state index in [-0.39, 0.29) is 17.5 Å². The maximum atomic E-state index is 13.6. The molecule has 0 unspecified atom stereocenters. The molecule has 0 bridgehead atoms. The number of halogens is 2. The third-order valence-corrected chi connectivity index (χ3v) is 4.53. The Morgan fingerprint density at radius 1 is 0.885 bits per heavy atom. The maximum absolute atomic E-state index is 13.6. The van der Waals surface area contributed by atoms with Crippen molar-refractivity contribution in [2.75, 3.05) is 31.1 Å². The van der Waals surface area contributed by atoms with Crippen LogP contribution in [0.5, 0.6) is 0 Å². The summed E-state index contributed by atoms with van der Waals surface area (Å²) < 4.78 is 26.6. The van der Waals surface area contributed by atoms with Crippen molar-refractivity contribution in [1.82, 2.24) is 14.9 Å². The van der Waals surface area contributed by atoms with Gasteiger partial charge in [0.05, 0.1) is 5.52 Å². The van der Waals surface area contributed by atoms with Gasteiger partial charge in [0, 0.05) is 37.1 Å². The van der Waals surface area contributed by atoms with Gasteiger partial charge < -0.3 is 9.80 Å². The number of fused-ring (bicyclic) bond motifs is 1. The zero-order valence-electron chi connectivity index (χ0n) is 13.9. The van der Waals surface area contributed by atoms with E-state index in [1.165, 1.54) is 42.7 Å². The normalized spacial score (nSPS) is 14.7. The Labute approximate surface area is 148 Å². The van der Waals surface area contributed by atoms with E-state index in [9.17, 15) is 13.6 Å². The van der Waals surface area contributed by atoms with Crippen LogP contribution in [-0.4, -0.2) is 47.0 Å². The van der Waals surface area contributed by atoms with Gasteiger partial charge in [-0.1, -0.05) is 0 Å². The summed E-state index contributed by atoms with van der Waals surface area (Å²) in [6, 6.07) is 9.98. The van der Waals surface area contributed by atoms with Gasteiger partial charge in [-0.25, -0.2) is 18.7 Å². The van der Waals surface area contributed by atoms with Crippen molar-refractivity contribution in [2.24, 2.45) is 0 Å². The van der Waals surface area contributed by atoms with Crippen molar-refractivity contribution in [3.8, 4) is 0 Å². The Balaban J connectivity index is 1.51. The summed E-state index contributed by atoms with van der Waals surface area (Å²) in [5, 5.41) is 0.658. The average Bonchev–Trinajstić information content (AvgIpc) is 2.68. The van der Waals surface area contributed by atoms with Gasteiger partial charge in [-0.3, -0.25) is 4.79 Å². The van der Waals surface area contributed by atoms with Crippen LogP contribution in [0.2, 0.25) is 0 Å². The zero-order chi connectivity index (χ0) is 18.1. The summed E-state index contributed by atoms with van der Waals surface area (Å²) >= 11 is 0. The molecule has 4 rings (SSSR count). The van der Waals surface area contributed by atoms with Crippen LogP contribution in [0.3, 0.4) is 0 Å². The van der Waals surface area contributed by atoms with Gasteiger partial charge in [0.25, 0.3) is 5.91 Å². The average molecular weight is 354 g/mol. The molecule has 1 fully saturated rings. The quantitative estimate of drug-likeness (QED) is 0.710. The molecule has 5 nitrogen and oxygen atoms in total. The van der Waals surface area contributed by atoms with Crippen molar-refractivity contribution in [3.05, 3.63) is 66.0 Å². The van der Waals surface area contributed by atoms with E-state index >= 15 is 0 Å². The number of amides is 1. The number of piperazine rings is 1. The monoisotopic (exact) mass is 354 g/mol. The fourth-order valence-electron chi connectivity index (χ4n) is 3.16. The first kappa shape index (κ1) is 16.4. The molecule has 2 heterocycles. The summed E-state index contributed by atoms with van der Waals surface area (Å²) in [5.74, 6) is -0.153. The molecular weight excluding hydrogens is 338 g/mol. The van der Waals surface area contributed by atoms with Crippen molar-refractivity contribution >= 4 is 22.6 Å². The van der Waals surface area contributed by atoms with E-state index in [0.717, 1.165) is 0 Å². The van der Waals surface area contributed by atoms with Crippen LogP contribution in [0.1, 0.15) is 10.4 Å². The fourth-order valence-corrected chi connectivity index (χ4v) is 3.16. The van der Waals surface area contributed by atoms with Gasteiger partial charge in [0.1, 0.15) is 23.8 Å². The first-order valence-corrected chi connectivity index (χ1v) is 8.32. The largest absolute Gasteiger partial charge is 0.352 e. The second-order valence-electron chi connectivity index (χ2n) is 6.14. The van der Waals surface area contributed by atoms with E-state index in [0.29, 0.717) is 48.5 Å². The van der Waals surface area contributed by atoms with E-state index in [1.807, 2.05) is 4.90 Å². The standard InChI is InChI=1S/C19H16F2N4O/c20-14-3-1-13(2-4-14)19(26)25-9-7-24(8-10-25)18-16-11-15(21)5-6-17(16)22-12-23-18/h1-6,11-12H,7-10H2. The van der Waals surface area contributed by atoms with Crippen LogP contribution in [0.15, 0.2) is 48.8 Å². The second kappa shape index (κ2) is 6.67. The summed E-state index contributed by atoms with van der Waals surface area (Å²) in [4.78, 5) is 24.8. The highest BCUT2D eigenvalue weighted by Crippen LogP contribution is 2.25. The van der Waals surface area contributed by atoms with Crippen LogP contribution in [-0.2, 0) is 0 Å². The lowest BCUT2D eigenvalue weighted by atomic mass is 10.1. The van der Waals surface area contributed by atoms with Gasteiger partial charge in [0.2, 0.25) is 0 Å². The Hall–Kier alpha value is -3.09. The highest BCUT2D eigenvalue weighted by atomic mass is 19.1. The molecule has 132 valence electrons. The highest BCUT2D eigenvalue weighted by Gasteiger charge is 2.24. The number of hydrogen-bond acceptors (Lipinski definition) is 4. The molecule has 1 saturated heterocycles. The number of nitrogens with zero attached hydrogens (tertiary/aromatic N) is 4. The van der Waals surface area contributed by atoms with Crippen LogP contribution >= 0.6 is 0 Å². The van der Waals surface area contributed by atoms with Crippen LogP contribution in [0, 0.1) is 11.6 Å². The fraction of sp³-hybridized carbons (Fsp3) is 0.211. The first-order chi connectivity index (χ1) is 12.6. The van der Waals surface area contributed by atoms with Crippen LogP contribution in [0.4, 0.5) is 14.6 Å². The molecule has 0 aliphatic carbocycles. The molecule has 26 heavy (non-hydrogen) atoms. The first-order valence-electron chi connectivity index (χ1n) is 8.32. The van der Waals surface area contributed by atoms with Gasteiger partial charge in [-0.15, -0.1) is 0 Å². The zero-order valence-corrected chi connectivity index (χ0v) is 13.9. The molecule has 7 heteroatoms. The van der Waals surface area contributed by atoms with Crippen molar-refractivity contribution in [3.63, 3.8) is 0 Å². The number of rotatable bonds is 2. The second-order valence-corrected chi connectivity index (χ2v) is 6.14. The molecular formula is C19H16F2N4O. The summed E-state index contributed by atoms with van der Waals surface area (Å²) in [6.45, 7) is 2.18. The van der Waals surface area contributed by atoms with Crippen molar-refractivity contribution in [1.29, 1.82) is 0 Å². The van der Waals surface area contributed by atoms with Gasteiger partial charge in [-0.2, -0.15) is 0 Å². The smallest absolute Gasteiger partial charge is 0.253 e. The predicted octanol–water partition coefficient (Wildman–Crippen LogP) is 2.87. The molecule has 2 aromatic carbocycles. The summed E-state index contributed by atoms with van der Waals surface area (Å²) in [5.41, 5.74) is 1.15. The van der Waals surface area contributed by atoms with E-state index in [2.05, 4.69) is 9.97 Å². The molecule has 1 aliphatic heterocycles. The third kappa shape index (κ3) is 3.08. The molecule has 0 saturated carbocycles. The summed E-state index contributed by atoms with van der Waals surface area (Å²) in [7, 11) is 0. The predicted molar refractivity (Wildman–Crippen MR) is 94.0 cm³/mol. The van der Waals surface area contributed by atoms with Gasteiger partial charge >= 0.3 is 0 Å². The third-order valence-electron chi connectivity index (χ3n) is 4.53. The molecule has 0 spiro atoms. The number of carbonyl (C=O) groups excluding carboxylic acids is 1. The maximum Gasteiger partial charge on any atom is 0.253 e. The number of anilines is 1. The highest BCUT2D eigenvalue weighted by molar-refractivity contribution is 5.94. The van der Waals surface area contributed by atoms with Crippen LogP contribution < -0.4 is 4.90 Å². The van der Waals surface area contributed by atoms with Crippen LogP contribution in [0.25, 0.3) is 10.9 Å².